The predicted octanol–water partition coefficient (Wildman–Crippen LogP) is 3.05. The minimum atomic E-state index is -0.436. The van der Waals surface area contributed by atoms with Crippen molar-refractivity contribution in [3.8, 4) is 5.69 Å². The number of amides is 1. The minimum absolute atomic E-state index is 0.232. The van der Waals surface area contributed by atoms with Gasteiger partial charge in [0.25, 0.3) is 5.56 Å². The van der Waals surface area contributed by atoms with E-state index in [4.69, 9.17) is 16.3 Å². The highest BCUT2D eigenvalue weighted by Crippen LogP contribution is 2.17. The second-order valence-electron chi connectivity index (χ2n) is 6.80. The minimum Gasteiger partial charge on any atom is -0.462 e. The zero-order valence-electron chi connectivity index (χ0n) is 17.0. The lowest BCUT2D eigenvalue weighted by atomic mass is 10.2. The van der Waals surface area contributed by atoms with Gasteiger partial charge in [0.15, 0.2) is 5.65 Å². The monoisotopic (exact) mass is 451 g/mol. The van der Waals surface area contributed by atoms with E-state index in [1.54, 1.807) is 55.5 Å². The van der Waals surface area contributed by atoms with Crippen molar-refractivity contribution in [1.29, 1.82) is 0 Å². The largest absolute Gasteiger partial charge is 0.462 e. The molecule has 4 aromatic rings. The van der Waals surface area contributed by atoms with Gasteiger partial charge in [-0.25, -0.2) is 14.5 Å². The number of fused-ring (bicyclic) bond motifs is 1. The summed E-state index contributed by atoms with van der Waals surface area (Å²) < 4.78 is 7.64. The number of carbonyl (C=O) groups excluding carboxylic acids is 2. The lowest BCUT2D eigenvalue weighted by molar-refractivity contribution is -0.116. The number of hydrogen-bond acceptors (Lipinski definition) is 6. The zero-order valence-corrected chi connectivity index (χ0v) is 17.7. The molecule has 0 spiro atoms. The third-order valence-corrected chi connectivity index (χ3v) is 4.84. The Bertz CT molecular complexity index is 1360. The molecular formula is C22H18ClN5O4. The zero-order chi connectivity index (χ0) is 22.7. The van der Waals surface area contributed by atoms with Crippen LogP contribution < -0.4 is 10.9 Å². The molecule has 2 aromatic heterocycles. The SMILES string of the molecule is CCOC(=O)c1ccc(NC(=O)Cn2cnc3c(cnn3-c3cccc(Cl)c3)c2=O)cc1. The van der Waals surface area contributed by atoms with E-state index >= 15 is 0 Å². The van der Waals surface area contributed by atoms with Crippen molar-refractivity contribution in [2.45, 2.75) is 13.5 Å². The molecule has 32 heavy (non-hydrogen) atoms. The average molecular weight is 452 g/mol. The van der Waals surface area contributed by atoms with Crippen molar-refractivity contribution in [2.75, 3.05) is 11.9 Å². The van der Waals surface area contributed by atoms with Crippen molar-refractivity contribution in [2.24, 2.45) is 0 Å². The number of nitrogens with zero attached hydrogens (tertiary/aromatic N) is 4. The number of carbonyl (C=O) groups is 2. The number of hydrogen-bond donors (Lipinski definition) is 1. The lowest BCUT2D eigenvalue weighted by Gasteiger charge is -2.08. The number of ether oxygens (including phenoxy) is 1. The first-order chi connectivity index (χ1) is 15.5. The molecule has 0 saturated carbocycles. The van der Waals surface area contributed by atoms with E-state index < -0.39 is 17.4 Å². The Hall–Kier alpha value is -3.98. The van der Waals surface area contributed by atoms with E-state index in [0.717, 1.165) is 0 Å². The Kier molecular flexibility index (Phi) is 6.00. The van der Waals surface area contributed by atoms with Gasteiger partial charge < -0.3 is 10.1 Å². The normalized spacial score (nSPS) is 10.8. The van der Waals surface area contributed by atoms with Crippen LogP contribution in [0.5, 0.6) is 0 Å². The maximum atomic E-state index is 12.8. The standard InChI is InChI=1S/C22H18ClN5O4/c1-2-32-22(31)14-6-8-16(9-7-14)26-19(29)12-27-13-24-20-18(21(27)30)11-25-28(20)17-5-3-4-15(23)10-17/h3-11,13H,2,12H2,1H3,(H,26,29). The van der Waals surface area contributed by atoms with E-state index in [1.807, 2.05) is 0 Å². The first-order valence-corrected chi connectivity index (χ1v) is 10.1. The summed E-state index contributed by atoms with van der Waals surface area (Å²) >= 11 is 6.04. The van der Waals surface area contributed by atoms with Gasteiger partial charge in [-0.05, 0) is 49.4 Å². The highest BCUT2D eigenvalue weighted by molar-refractivity contribution is 6.30. The summed E-state index contributed by atoms with van der Waals surface area (Å²) in [5.41, 5.74) is 1.51. The number of benzene rings is 2. The molecule has 4 rings (SSSR count). The van der Waals surface area contributed by atoms with Gasteiger partial charge in [-0.15, -0.1) is 0 Å². The third kappa shape index (κ3) is 4.37. The molecule has 0 bridgehead atoms. The maximum Gasteiger partial charge on any atom is 0.338 e. The molecule has 0 aliphatic carbocycles. The number of aromatic nitrogens is 4. The highest BCUT2D eigenvalue weighted by atomic mass is 35.5. The van der Waals surface area contributed by atoms with Crippen LogP contribution in [0.4, 0.5) is 5.69 Å². The first kappa shape index (κ1) is 21.3. The summed E-state index contributed by atoms with van der Waals surface area (Å²) in [6.45, 7) is 1.77. The molecule has 9 nitrogen and oxygen atoms in total. The van der Waals surface area contributed by atoms with Gasteiger partial charge in [0.05, 0.1) is 24.1 Å². The van der Waals surface area contributed by atoms with Gasteiger partial charge >= 0.3 is 5.97 Å². The summed E-state index contributed by atoms with van der Waals surface area (Å²) in [4.78, 5) is 41.3. The Morgan fingerprint density at radius 1 is 1.16 bits per heavy atom. The fraction of sp³-hybridized carbons (Fsp3) is 0.136. The summed E-state index contributed by atoms with van der Waals surface area (Å²) in [7, 11) is 0. The molecule has 1 amide bonds. The van der Waals surface area contributed by atoms with Crippen LogP contribution in [0.15, 0.2) is 65.8 Å². The molecule has 0 atom stereocenters. The molecule has 2 heterocycles. The van der Waals surface area contributed by atoms with Crippen LogP contribution >= 0.6 is 11.6 Å². The molecular weight excluding hydrogens is 434 g/mol. The van der Waals surface area contributed by atoms with Crippen molar-refractivity contribution in [1.82, 2.24) is 19.3 Å². The van der Waals surface area contributed by atoms with E-state index in [9.17, 15) is 14.4 Å². The predicted molar refractivity (Wildman–Crippen MR) is 119 cm³/mol. The van der Waals surface area contributed by atoms with E-state index in [1.165, 1.54) is 21.8 Å². The van der Waals surface area contributed by atoms with Crippen molar-refractivity contribution >= 4 is 40.2 Å². The summed E-state index contributed by atoms with van der Waals surface area (Å²) in [6.07, 6.45) is 2.71. The van der Waals surface area contributed by atoms with Crippen LogP contribution in [0, 0.1) is 0 Å². The first-order valence-electron chi connectivity index (χ1n) is 9.72. The Balaban J connectivity index is 1.51. The molecule has 0 saturated heterocycles. The molecule has 0 radical (unpaired) electrons. The number of rotatable bonds is 6. The van der Waals surface area contributed by atoms with Crippen LogP contribution in [0.25, 0.3) is 16.7 Å². The fourth-order valence-electron chi connectivity index (χ4n) is 3.12. The second kappa shape index (κ2) is 9.03. The maximum absolute atomic E-state index is 12.8. The Morgan fingerprint density at radius 3 is 2.66 bits per heavy atom. The average Bonchev–Trinajstić information content (AvgIpc) is 3.21. The van der Waals surface area contributed by atoms with Gasteiger partial charge in [0.2, 0.25) is 5.91 Å². The summed E-state index contributed by atoms with van der Waals surface area (Å²) in [5.74, 6) is -0.853. The molecule has 0 aliphatic heterocycles. The summed E-state index contributed by atoms with van der Waals surface area (Å²) in [5, 5.41) is 7.73. The molecule has 162 valence electrons. The van der Waals surface area contributed by atoms with Crippen molar-refractivity contribution in [3.05, 3.63) is 82.0 Å². The van der Waals surface area contributed by atoms with E-state index in [2.05, 4.69) is 15.4 Å². The second-order valence-corrected chi connectivity index (χ2v) is 7.23. The lowest BCUT2D eigenvalue weighted by Crippen LogP contribution is -2.27. The fourth-order valence-corrected chi connectivity index (χ4v) is 3.30. The number of nitrogens with one attached hydrogen (secondary N) is 1. The Morgan fingerprint density at radius 2 is 1.94 bits per heavy atom. The molecule has 0 fully saturated rings. The number of esters is 1. The van der Waals surface area contributed by atoms with Crippen LogP contribution in [0.3, 0.4) is 0 Å². The van der Waals surface area contributed by atoms with Crippen molar-refractivity contribution in [3.63, 3.8) is 0 Å². The highest BCUT2D eigenvalue weighted by Gasteiger charge is 2.14. The van der Waals surface area contributed by atoms with E-state index in [0.29, 0.717) is 27.6 Å². The van der Waals surface area contributed by atoms with Crippen LogP contribution in [0.1, 0.15) is 17.3 Å². The van der Waals surface area contributed by atoms with Gasteiger partial charge in [0.1, 0.15) is 18.3 Å². The van der Waals surface area contributed by atoms with Gasteiger partial charge in [-0.1, -0.05) is 17.7 Å². The summed E-state index contributed by atoms with van der Waals surface area (Å²) in [6, 6.07) is 13.3. The Labute approximate surface area is 187 Å². The van der Waals surface area contributed by atoms with Gasteiger partial charge in [-0.3, -0.25) is 14.2 Å². The molecule has 10 heteroatoms. The molecule has 0 unspecified atom stereocenters. The van der Waals surface area contributed by atoms with Gasteiger partial charge in [0, 0.05) is 10.7 Å². The quantitative estimate of drug-likeness (QED) is 0.451. The molecule has 0 aliphatic rings. The molecule has 1 N–H and O–H groups in total. The van der Waals surface area contributed by atoms with E-state index in [-0.39, 0.29) is 18.5 Å². The van der Waals surface area contributed by atoms with Crippen LogP contribution in [-0.4, -0.2) is 37.8 Å². The number of anilines is 1. The third-order valence-electron chi connectivity index (χ3n) is 4.60. The van der Waals surface area contributed by atoms with Crippen LogP contribution in [-0.2, 0) is 16.1 Å². The van der Waals surface area contributed by atoms with Crippen molar-refractivity contribution < 1.29 is 14.3 Å². The van der Waals surface area contributed by atoms with Gasteiger partial charge in [-0.2, -0.15) is 5.10 Å². The van der Waals surface area contributed by atoms with Crippen LogP contribution in [0.2, 0.25) is 5.02 Å². The number of halogens is 1. The smallest absolute Gasteiger partial charge is 0.338 e. The molecule has 2 aromatic carbocycles. The topological polar surface area (TPSA) is 108 Å².